The van der Waals surface area contributed by atoms with Gasteiger partial charge in [0.1, 0.15) is 5.01 Å². The molecule has 0 aliphatic carbocycles. The standard InChI is InChI=1S/C12H10F2N2OS/c1-7-6-18-11(16-7)5-15-12(17)8-2-3-9(13)10(14)4-8/h2-4,6H,5H2,1H3,(H,15,17). The van der Waals surface area contributed by atoms with Crippen LogP contribution in [0.5, 0.6) is 0 Å². The molecular formula is C12H10F2N2OS. The van der Waals surface area contributed by atoms with Gasteiger partial charge in [0.25, 0.3) is 5.91 Å². The first-order valence-corrected chi connectivity index (χ1v) is 6.08. The summed E-state index contributed by atoms with van der Waals surface area (Å²) in [5.74, 6) is -2.46. The van der Waals surface area contributed by atoms with Crippen LogP contribution in [-0.4, -0.2) is 10.9 Å². The van der Waals surface area contributed by atoms with Crippen molar-refractivity contribution in [2.45, 2.75) is 13.5 Å². The molecule has 0 aliphatic rings. The summed E-state index contributed by atoms with van der Waals surface area (Å²) in [7, 11) is 0. The molecule has 0 saturated carbocycles. The average molecular weight is 268 g/mol. The van der Waals surface area contributed by atoms with E-state index in [-0.39, 0.29) is 12.1 Å². The van der Waals surface area contributed by atoms with E-state index in [1.54, 1.807) is 0 Å². The summed E-state index contributed by atoms with van der Waals surface area (Å²) in [6.07, 6.45) is 0. The van der Waals surface area contributed by atoms with Gasteiger partial charge in [0, 0.05) is 16.6 Å². The minimum Gasteiger partial charge on any atom is -0.346 e. The molecule has 6 heteroatoms. The molecule has 0 fully saturated rings. The van der Waals surface area contributed by atoms with Crippen molar-refractivity contribution in [1.29, 1.82) is 0 Å². The van der Waals surface area contributed by atoms with Crippen molar-refractivity contribution in [3.63, 3.8) is 0 Å². The molecule has 1 N–H and O–H groups in total. The third kappa shape index (κ3) is 2.89. The number of carbonyl (C=O) groups is 1. The molecule has 0 bridgehead atoms. The van der Waals surface area contributed by atoms with Gasteiger partial charge in [0.05, 0.1) is 6.54 Å². The highest BCUT2D eigenvalue weighted by Gasteiger charge is 2.10. The molecule has 94 valence electrons. The Hall–Kier alpha value is -1.82. The van der Waals surface area contributed by atoms with Crippen LogP contribution in [-0.2, 0) is 6.54 Å². The summed E-state index contributed by atoms with van der Waals surface area (Å²) >= 11 is 1.43. The number of nitrogens with one attached hydrogen (secondary N) is 1. The largest absolute Gasteiger partial charge is 0.346 e. The minimum atomic E-state index is -1.03. The van der Waals surface area contributed by atoms with Gasteiger partial charge in [-0.3, -0.25) is 4.79 Å². The van der Waals surface area contributed by atoms with Crippen LogP contribution in [0.25, 0.3) is 0 Å². The van der Waals surface area contributed by atoms with E-state index in [9.17, 15) is 13.6 Å². The molecule has 0 radical (unpaired) electrons. The number of thiazole rings is 1. The smallest absolute Gasteiger partial charge is 0.251 e. The first-order chi connectivity index (χ1) is 8.56. The highest BCUT2D eigenvalue weighted by molar-refractivity contribution is 7.09. The highest BCUT2D eigenvalue weighted by atomic mass is 32.1. The Morgan fingerprint density at radius 1 is 1.39 bits per heavy atom. The van der Waals surface area contributed by atoms with E-state index in [0.717, 1.165) is 22.8 Å². The maximum absolute atomic E-state index is 12.9. The highest BCUT2D eigenvalue weighted by Crippen LogP contribution is 2.10. The molecule has 1 amide bonds. The fourth-order valence-corrected chi connectivity index (χ4v) is 2.09. The van der Waals surface area contributed by atoms with Crippen molar-refractivity contribution in [3.8, 4) is 0 Å². The first-order valence-electron chi connectivity index (χ1n) is 5.20. The van der Waals surface area contributed by atoms with Crippen LogP contribution in [0.4, 0.5) is 8.78 Å². The lowest BCUT2D eigenvalue weighted by Crippen LogP contribution is -2.22. The van der Waals surface area contributed by atoms with Gasteiger partial charge in [-0.15, -0.1) is 11.3 Å². The lowest BCUT2D eigenvalue weighted by molar-refractivity contribution is 0.0950. The second-order valence-corrected chi connectivity index (χ2v) is 4.64. The minimum absolute atomic E-state index is 0.0854. The molecular weight excluding hydrogens is 258 g/mol. The van der Waals surface area contributed by atoms with Gasteiger partial charge in [-0.1, -0.05) is 0 Å². The molecule has 2 rings (SSSR count). The van der Waals surface area contributed by atoms with Gasteiger partial charge >= 0.3 is 0 Å². The maximum Gasteiger partial charge on any atom is 0.251 e. The van der Waals surface area contributed by atoms with Crippen LogP contribution in [0.1, 0.15) is 21.1 Å². The van der Waals surface area contributed by atoms with E-state index in [2.05, 4.69) is 10.3 Å². The number of amides is 1. The third-order valence-electron chi connectivity index (χ3n) is 2.25. The van der Waals surface area contributed by atoms with Gasteiger partial charge in [0.2, 0.25) is 0 Å². The molecule has 18 heavy (non-hydrogen) atoms. The van der Waals surface area contributed by atoms with Crippen LogP contribution >= 0.6 is 11.3 Å². The molecule has 1 aromatic heterocycles. The summed E-state index contributed by atoms with van der Waals surface area (Å²) in [5, 5.41) is 5.24. The van der Waals surface area contributed by atoms with Crippen molar-refractivity contribution in [2.24, 2.45) is 0 Å². The second kappa shape index (κ2) is 5.22. The molecule has 0 saturated heterocycles. The Labute approximate surface area is 106 Å². The summed E-state index contributed by atoms with van der Waals surface area (Å²) in [6.45, 7) is 2.13. The molecule has 0 atom stereocenters. The Morgan fingerprint density at radius 3 is 2.78 bits per heavy atom. The van der Waals surface area contributed by atoms with E-state index >= 15 is 0 Å². The number of rotatable bonds is 3. The molecule has 3 nitrogen and oxygen atoms in total. The van der Waals surface area contributed by atoms with Crippen molar-refractivity contribution < 1.29 is 13.6 Å². The Bertz CT molecular complexity index is 583. The average Bonchev–Trinajstić information content (AvgIpc) is 2.75. The fraction of sp³-hybridized carbons (Fsp3) is 0.167. The first kappa shape index (κ1) is 12.6. The van der Waals surface area contributed by atoms with Gasteiger partial charge < -0.3 is 5.32 Å². The lowest BCUT2D eigenvalue weighted by Gasteiger charge is -2.03. The number of benzene rings is 1. The second-order valence-electron chi connectivity index (χ2n) is 3.69. The zero-order valence-electron chi connectivity index (χ0n) is 9.54. The molecule has 2 aromatic rings. The number of hydrogen-bond acceptors (Lipinski definition) is 3. The summed E-state index contributed by atoms with van der Waals surface area (Å²) in [6, 6.07) is 3.04. The van der Waals surface area contributed by atoms with Crippen molar-refractivity contribution in [3.05, 3.63) is 51.5 Å². The zero-order chi connectivity index (χ0) is 13.1. The summed E-state index contributed by atoms with van der Waals surface area (Å²) in [5.41, 5.74) is 0.972. The zero-order valence-corrected chi connectivity index (χ0v) is 10.4. The molecule has 0 spiro atoms. The molecule has 1 heterocycles. The van der Waals surface area contributed by atoms with Crippen molar-refractivity contribution in [2.75, 3.05) is 0 Å². The SMILES string of the molecule is Cc1csc(CNC(=O)c2ccc(F)c(F)c2)n1. The number of hydrogen-bond donors (Lipinski definition) is 1. The monoisotopic (exact) mass is 268 g/mol. The topological polar surface area (TPSA) is 42.0 Å². The van der Waals surface area contributed by atoms with Crippen molar-refractivity contribution >= 4 is 17.2 Å². The molecule has 1 aromatic carbocycles. The van der Waals surface area contributed by atoms with Gasteiger partial charge in [0.15, 0.2) is 11.6 Å². The predicted octanol–water partition coefficient (Wildman–Crippen LogP) is 2.66. The van der Waals surface area contributed by atoms with Crippen LogP contribution in [0, 0.1) is 18.6 Å². The number of aryl methyl sites for hydroxylation is 1. The van der Waals surface area contributed by atoms with Crippen LogP contribution in [0.3, 0.4) is 0 Å². The van der Waals surface area contributed by atoms with E-state index < -0.39 is 17.5 Å². The number of halogens is 2. The number of nitrogens with zero attached hydrogens (tertiary/aromatic N) is 1. The van der Waals surface area contributed by atoms with Gasteiger partial charge in [-0.05, 0) is 25.1 Å². The number of aromatic nitrogens is 1. The molecule has 0 unspecified atom stereocenters. The normalized spacial score (nSPS) is 10.4. The maximum atomic E-state index is 12.9. The fourth-order valence-electron chi connectivity index (χ4n) is 1.38. The predicted molar refractivity (Wildman–Crippen MR) is 64.4 cm³/mol. The number of carbonyl (C=O) groups excluding carboxylic acids is 1. The summed E-state index contributed by atoms with van der Waals surface area (Å²) in [4.78, 5) is 15.8. The van der Waals surface area contributed by atoms with E-state index in [1.807, 2.05) is 12.3 Å². The van der Waals surface area contributed by atoms with Gasteiger partial charge in [-0.2, -0.15) is 0 Å². The lowest BCUT2D eigenvalue weighted by atomic mass is 10.2. The Kier molecular flexibility index (Phi) is 3.66. The van der Waals surface area contributed by atoms with E-state index in [4.69, 9.17) is 0 Å². The van der Waals surface area contributed by atoms with E-state index in [0.29, 0.717) is 0 Å². The summed E-state index contributed by atoms with van der Waals surface area (Å²) < 4.78 is 25.6. The van der Waals surface area contributed by atoms with Gasteiger partial charge in [-0.25, -0.2) is 13.8 Å². The van der Waals surface area contributed by atoms with Crippen LogP contribution in [0.2, 0.25) is 0 Å². The van der Waals surface area contributed by atoms with Crippen LogP contribution in [0.15, 0.2) is 23.6 Å². The van der Waals surface area contributed by atoms with Crippen LogP contribution < -0.4 is 5.32 Å². The third-order valence-corrected chi connectivity index (χ3v) is 3.22. The Morgan fingerprint density at radius 2 is 2.17 bits per heavy atom. The van der Waals surface area contributed by atoms with E-state index in [1.165, 1.54) is 17.4 Å². The quantitative estimate of drug-likeness (QED) is 0.929. The Balaban J connectivity index is 2.01. The van der Waals surface area contributed by atoms with Crippen molar-refractivity contribution in [1.82, 2.24) is 10.3 Å². The molecule has 0 aliphatic heterocycles.